The Labute approximate surface area is 184 Å². The molecule has 31 heavy (non-hydrogen) atoms. The van der Waals surface area contributed by atoms with Gasteiger partial charge in [0.1, 0.15) is 6.10 Å². The van der Waals surface area contributed by atoms with E-state index in [2.05, 4.69) is 11.9 Å². The second kappa shape index (κ2) is 10.6. The van der Waals surface area contributed by atoms with E-state index in [9.17, 15) is 14.7 Å². The van der Waals surface area contributed by atoms with Crippen molar-refractivity contribution >= 4 is 11.8 Å². The van der Waals surface area contributed by atoms with Crippen molar-refractivity contribution in [3.05, 3.63) is 0 Å². The summed E-state index contributed by atoms with van der Waals surface area (Å²) in [7, 11) is 2.07. The summed E-state index contributed by atoms with van der Waals surface area (Å²) >= 11 is 0. The molecular formula is C22H37N3O6. The van der Waals surface area contributed by atoms with Crippen LogP contribution in [0, 0.1) is 5.92 Å². The van der Waals surface area contributed by atoms with Gasteiger partial charge in [0.15, 0.2) is 0 Å². The van der Waals surface area contributed by atoms with Gasteiger partial charge in [0.25, 0.3) is 0 Å². The number of hydrogen-bond donors (Lipinski definition) is 1. The van der Waals surface area contributed by atoms with Gasteiger partial charge in [-0.3, -0.25) is 9.59 Å². The lowest BCUT2D eigenvalue weighted by molar-refractivity contribution is -0.174. The molecule has 4 rings (SSSR count). The number of ether oxygens (including phenoxy) is 3. The molecule has 0 aromatic rings. The minimum Gasteiger partial charge on any atom is -0.389 e. The first-order chi connectivity index (χ1) is 15.0. The van der Waals surface area contributed by atoms with E-state index in [1.165, 1.54) is 0 Å². The number of likely N-dealkylation sites (N-methyl/N-ethyl adjacent to an activating group) is 1. The quantitative estimate of drug-likeness (QED) is 0.646. The fraction of sp³-hybridized carbons (Fsp3) is 0.909. The Balaban J connectivity index is 1.38. The first-order valence-corrected chi connectivity index (χ1v) is 11.8. The van der Waals surface area contributed by atoms with Crippen LogP contribution in [0.3, 0.4) is 0 Å². The van der Waals surface area contributed by atoms with Crippen LogP contribution >= 0.6 is 0 Å². The lowest BCUT2D eigenvalue weighted by Gasteiger charge is -2.46. The molecule has 0 aromatic heterocycles. The van der Waals surface area contributed by atoms with Gasteiger partial charge < -0.3 is 34.0 Å². The highest BCUT2D eigenvalue weighted by molar-refractivity contribution is 5.79. The third-order valence-electron chi connectivity index (χ3n) is 7.09. The summed E-state index contributed by atoms with van der Waals surface area (Å²) in [6.07, 6.45) is 2.21. The molecule has 4 atom stereocenters. The minimum atomic E-state index is -0.693. The molecule has 0 aromatic carbocycles. The van der Waals surface area contributed by atoms with Gasteiger partial charge in [-0.1, -0.05) is 0 Å². The summed E-state index contributed by atoms with van der Waals surface area (Å²) in [5.41, 5.74) is 0. The maximum Gasteiger partial charge on any atom is 0.226 e. The number of hydrogen-bond acceptors (Lipinski definition) is 7. The van der Waals surface area contributed by atoms with Gasteiger partial charge in [0.2, 0.25) is 11.8 Å². The van der Waals surface area contributed by atoms with Crippen LogP contribution < -0.4 is 0 Å². The Morgan fingerprint density at radius 1 is 0.968 bits per heavy atom. The molecule has 0 saturated carbocycles. The molecule has 4 aliphatic heterocycles. The molecule has 4 aliphatic rings. The summed E-state index contributed by atoms with van der Waals surface area (Å²) in [5.74, 6) is 0.183. The maximum atomic E-state index is 13.3. The van der Waals surface area contributed by atoms with Crippen molar-refractivity contribution in [1.29, 1.82) is 0 Å². The van der Waals surface area contributed by atoms with Gasteiger partial charge in [-0.2, -0.15) is 0 Å². The normalized spacial score (nSPS) is 34.0. The summed E-state index contributed by atoms with van der Waals surface area (Å²) in [4.78, 5) is 32.1. The zero-order chi connectivity index (χ0) is 21.8. The molecule has 0 radical (unpaired) electrons. The first-order valence-electron chi connectivity index (χ1n) is 11.8. The molecule has 176 valence electrons. The van der Waals surface area contributed by atoms with E-state index in [0.29, 0.717) is 26.2 Å². The predicted molar refractivity (Wildman–Crippen MR) is 112 cm³/mol. The molecule has 0 aliphatic carbocycles. The van der Waals surface area contributed by atoms with Gasteiger partial charge in [0, 0.05) is 51.9 Å². The minimum absolute atomic E-state index is 0.0570. The highest BCUT2D eigenvalue weighted by Crippen LogP contribution is 2.30. The largest absolute Gasteiger partial charge is 0.389 e. The number of carbonyl (C=O) groups is 2. The van der Waals surface area contributed by atoms with E-state index >= 15 is 0 Å². The smallest absolute Gasteiger partial charge is 0.226 e. The number of β-amino-alcohol motifs (C(OH)–C–C–N with tert-alkyl or cyclic N) is 1. The van der Waals surface area contributed by atoms with Gasteiger partial charge in [-0.05, 0) is 32.7 Å². The Morgan fingerprint density at radius 3 is 2.45 bits per heavy atom. The first kappa shape index (κ1) is 22.9. The monoisotopic (exact) mass is 439 g/mol. The molecule has 4 fully saturated rings. The Morgan fingerprint density at radius 2 is 1.71 bits per heavy atom. The summed E-state index contributed by atoms with van der Waals surface area (Å²) < 4.78 is 17.4. The zero-order valence-corrected chi connectivity index (χ0v) is 18.6. The standard InChI is InChI=1S/C22H37N3O6/c1-23-6-8-24(9-7-23)21(27)12-18-2-3-19-20(31-18)15-30-14-17(26)13-25(19)22(28)16-4-10-29-11-5-16/h16-20,26H,2-15H2,1H3/t17-,18-,19+,20-/m1/s1. The van der Waals surface area contributed by atoms with Crippen LogP contribution in [0.2, 0.25) is 0 Å². The third kappa shape index (κ3) is 5.76. The number of aliphatic hydroxyl groups excluding tert-OH is 1. The van der Waals surface area contributed by atoms with Crippen molar-refractivity contribution in [2.24, 2.45) is 5.92 Å². The number of rotatable bonds is 3. The van der Waals surface area contributed by atoms with Crippen LogP contribution in [-0.2, 0) is 23.8 Å². The van der Waals surface area contributed by atoms with E-state index in [4.69, 9.17) is 14.2 Å². The van der Waals surface area contributed by atoms with Crippen LogP contribution in [0.1, 0.15) is 32.1 Å². The topological polar surface area (TPSA) is 91.8 Å². The number of carbonyl (C=O) groups excluding carboxylic acids is 2. The molecule has 0 unspecified atom stereocenters. The fourth-order valence-electron chi connectivity index (χ4n) is 5.15. The predicted octanol–water partition coefficient (Wildman–Crippen LogP) is -0.287. The van der Waals surface area contributed by atoms with Crippen molar-refractivity contribution < 1.29 is 28.9 Å². The van der Waals surface area contributed by atoms with Gasteiger partial charge in [-0.15, -0.1) is 0 Å². The number of aliphatic hydroxyl groups is 1. The van der Waals surface area contributed by atoms with Gasteiger partial charge >= 0.3 is 0 Å². The molecule has 0 spiro atoms. The number of fused-ring (bicyclic) bond motifs is 1. The lowest BCUT2D eigenvalue weighted by Crippen LogP contribution is -2.59. The van der Waals surface area contributed by atoms with Crippen LogP contribution in [0.5, 0.6) is 0 Å². The van der Waals surface area contributed by atoms with E-state index in [-0.39, 0.29) is 49.1 Å². The second-order valence-electron chi connectivity index (χ2n) is 9.40. The van der Waals surface area contributed by atoms with Crippen molar-refractivity contribution in [1.82, 2.24) is 14.7 Å². The summed E-state index contributed by atoms with van der Waals surface area (Å²) in [5, 5.41) is 10.3. The molecule has 9 nitrogen and oxygen atoms in total. The lowest BCUT2D eigenvalue weighted by atomic mass is 9.91. The highest BCUT2D eigenvalue weighted by Gasteiger charge is 2.42. The Kier molecular flexibility index (Phi) is 7.81. The van der Waals surface area contributed by atoms with Crippen LogP contribution in [0.15, 0.2) is 0 Å². The molecule has 0 bridgehead atoms. The second-order valence-corrected chi connectivity index (χ2v) is 9.40. The highest BCUT2D eigenvalue weighted by atomic mass is 16.5. The van der Waals surface area contributed by atoms with E-state index in [1.807, 2.05) is 9.80 Å². The number of amides is 2. The van der Waals surface area contributed by atoms with Crippen LogP contribution in [0.4, 0.5) is 0 Å². The maximum absolute atomic E-state index is 13.3. The summed E-state index contributed by atoms with van der Waals surface area (Å²) in [6.45, 7) is 5.35. The van der Waals surface area contributed by atoms with Crippen LogP contribution in [-0.4, -0.2) is 122 Å². The molecule has 9 heteroatoms. The SMILES string of the molecule is CN1CCN(C(=O)C[C@H]2CC[C@H]3[C@@H](COC[C@H](O)CN3C(=O)C3CCOCC3)O2)CC1. The van der Waals surface area contributed by atoms with E-state index in [1.54, 1.807) is 0 Å². The molecule has 4 heterocycles. The van der Waals surface area contributed by atoms with Gasteiger partial charge in [0.05, 0.1) is 37.9 Å². The average Bonchev–Trinajstić information content (AvgIpc) is 2.77. The van der Waals surface area contributed by atoms with Crippen molar-refractivity contribution in [3.63, 3.8) is 0 Å². The van der Waals surface area contributed by atoms with Gasteiger partial charge in [-0.25, -0.2) is 0 Å². The molecule has 4 saturated heterocycles. The number of piperazine rings is 1. The zero-order valence-electron chi connectivity index (χ0n) is 18.6. The van der Waals surface area contributed by atoms with Crippen molar-refractivity contribution in [2.75, 3.05) is 66.2 Å². The third-order valence-corrected chi connectivity index (χ3v) is 7.09. The van der Waals surface area contributed by atoms with E-state index < -0.39 is 6.10 Å². The molecule has 1 N–H and O–H groups in total. The molecular weight excluding hydrogens is 402 g/mol. The number of nitrogens with zero attached hydrogens (tertiary/aromatic N) is 3. The van der Waals surface area contributed by atoms with Crippen LogP contribution in [0.25, 0.3) is 0 Å². The van der Waals surface area contributed by atoms with Crippen molar-refractivity contribution in [3.8, 4) is 0 Å². The van der Waals surface area contributed by atoms with Crippen molar-refractivity contribution in [2.45, 2.75) is 56.5 Å². The Hall–Kier alpha value is -1.26. The molecule has 2 amide bonds. The summed E-state index contributed by atoms with van der Waals surface area (Å²) in [6, 6.07) is -0.125. The average molecular weight is 440 g/mol. The Bertz CT molecular complexity index is 620. The van der Waals surface area contributed by atoms with E-state index in [0.717, 1.165) is 51.9 Å². The fourth-order valence-corrected chi connectivity index (χ4v) is 5.15.